The summed E-state index contributed by atoms with van der Waals surface area (Å²) in [5.74, 6) is 0.994. The summed E-state index contributed by atoms with van der Waals surface area (Å²) < 4.78 is 5.86. The van der Waals surface area contributed by atoms with E-state index in [-0.39, 0.29) is 23.5 Å². The molecule has 0 aliphatic carbocycles. The predicted molar refractivity (Wildman–Crippen MR) is 150 cm³/mol. The van der Waals surface area contributed by atoms with Crippen LogP contribution in [0.15, 0.2) is 109 Å². The maximum absolute atomic E-state index is 13.0. The van der Waals surface area contributed by atoms with Gasteiger partial charge in [0.2, 0.25) is 5.91 Å². The van der Waals surface area contributed by atoms with Crippen LogP contribution < -0.4 is 10.1 Å². The van der Waals surface area contributed by atoms with E-state index in [9.17, 15) is 9.59 Å². The highest BCUT2D eigenvalue weighted by molar-refractivity contribution is 6.30. The van der Waals surface area contributed by atoms with E-state index >= 15 is 0 Å². The summed E-state index contributed by atoms with van der Waals surface area (Å²) in [6.07, 6.45) is 3.29. The first kappa shape index (κ1) is 25.9. The Morgan fingerprint density at radius 2 is 1.49 bits per heavy atom. The number of carbonyl (C=O) groups is 2. The first-order valence-corrected chi connectivity index (χ1v) is 12.5. The Bertz CT molecular complexity index is 1380. The van der Waals surface area contributed by atoms with Gasteiger partial charge in [-0.15, -0.1) is 0 Å². The van der Waals surface area contributed by atoms with Gasteiger partial charge in [-0.1, -0.05) is 74.0 Å². The Morgan fingerprint density at radius 3 is 2.16 bits per heavy atom. The molecule has 0 radical (unpaired) electrons. The molecule has 4 aromatic carbocycles. The van der Waals surface area contributed by atoms with Crippen molar-refractivity contribution in [1.82, 2.24) is 0 Å². The van der Waals surface area contributed by atoms with E-state index in [1.807, 2.05) is 80.6 Å². The number of nitrogens with one attached hydrogen (secondary N) is 1. The third-order valence-corrected chi connectivity index (χ3v) is 6.13. The molecule has 37 heavy (non-hydrogen) atoms. The van der Waals surface area contributed by atoms with Crippen LogP contribution in [0.1, 0.15) is 41.3 Å². The standard InChI is InChI=1S/C32H28ClNO3/c1-22(2)31(25-12-16-26(33)17-13-25)32(36)34-27-18-14-24(15-19-27)30(35)20-11-23-7-6-10-29(21-23)37-28-8-4-3-5-9-28/h3-22,31H,1-2H3,(H,34,36)/b20-11+. The summed E-state index contributed by atoms with van der Waals surface area (Å²) >= 11 is 6.00. The van der Waals surface area contributed by atoms with Gasteiger partial charge in [-0.2, -0.15) is 0 Å². The maximum atomic E-state index is 13.0. The van der Waals surface area contributed by atoms with Crippen molar-refractivity contribution in [3.05, 3.63) is 131 Å². The van der Waals surface area contributed by atoms with Crippen LogP contribution in [-0.2, 0) is 4.79 Å². The predicted octanol–water partition coefficient (Wildman–Crippen LogP) is 8.41. The fourth-order valence-corrected chi connectivity index (χ4v) is 4.15. The minimum Gasteiger partial charge on any atom is -0.457 e. The summed E-state index contributed by atoms with van der Waals surface area (Å²) in [5.41, 5.74) is 2.93. The molecule has 0 aromatic heterocycles. The van der Waals surface area contributed by atoms with Crippen molar-refractivity contribution < 1.29 is 14.3 Å². The number of hydrogen-bond acceptors (Lipinski definition) is 3. The number of allylic oxidation sites excluding steroid dienone is 1. The number of benzene rings is 4. The molecule has 0 saturated carbocycles. The zero-order valence-electron chi connectivity index (χ0n) is 20.7. The lowest BCUT2D eigenvalue weighted by atomic mass is 9.87. The molecule has 5 heteroatoms. The molecule has 0 heterocycles. The lowest BCUT2D eigenvalue weighted by Crippen LogP contribution is -2.25. The van der Waals surface area contributed by atoms with Crippen molar-refractivity contribution in [1.29, 1.82) is 0 Å². The van der Waals surface area contributed by atoms with Gasteiger partial charge >= 0.3 is 0 Å². The first-order chi connectivity index (χ1) is 17.9. The van der Waals surface area contributed by atoms with Gasteiger partial charge in [-0.05, 0) is 83.8 Å². The van der Waals surface area contributed by atoms with E-state index in [0.717, 1.165) is 16.9 Å². The third kappa shape index (κ3) is 7.18. The fraction of sp³-hybridized carbons (Fsp3) is 0.125. The minimum absolute atomic E-state index is 0.101. The molecule has 186 valence electrons. The molecule has 4 rings (SSSR count). The van der Waals surface area contributed by atoms with E-state index in [1.165, 1.54) is 6.08 Å². The molecular weight excluding hydrogens is 482 g/mol. The van der Waals surface area contributed by atoms with Gasteiger partial charge in [0.25, 0.3) is 0 Å². The SMILES string of the molecule is CC(C)C(C(=O)Nc1ccc(C(=O)/C=C/c2cccc(Oc3ccccc3)c2)cc1)c1ccc(Cl)cc1. The van der Waals surface area contributed by atoms with Crippen LogP contribution in [0.4, 0.5) is 5.69 Å². The zero-order chi connectivity index (χ0) is 26.2. The van der Waals surface area contributed by atoms with Crippen molar-refractivity contribution in [3.8, 4) is 11.5 Å². The quantitative estimate of drug-likeness (QED) is 0.182. The highest BCUT2D eigenvalue weighted by atomic mass is 35.5. The van der Waals surface area contributed by atoms with Crippen molar-refractivity contribution in [3.63, 3.8) is 0 Å². The van der Waals surface area contributed by atoms with E-state index in [0.29, 0.717) is 22.0 Å². The summed E-state index contributed by atoms with van der Waals surface area (Å²) in [6.45, 7) is 4.02. The molecule has 0 aliphatic heterocycles. The van der Waals surface area contributed by atoms with Gasteiger partial charge in [0.15, 0.2) is 5.78 Å². The second kappa shape index (κ2) is 12.2. The van der Waals surface area contributed by atoms with E-state index in [1.54, 1.807) is 42.5 Å². The smallest absolute Gasteiger partial charge is 0.232 e. The monoisotopic (exact) mass is 509 g/mol. The van der Waals surface area contributed by atoms with Gasteiger partial charge in [0.05, 0.1) is 5.92 Å². The number of carbonyl (C=O) groups excluding carboxylic acids is 2. The van der Waals surface area contributed by atoms with Gasteiger partial charge < -0.3 is 10.1 Å². The van der Waals surface area contributed by atoms with Crippen molar-refractivity contribution in [2.75, 3.05) is 5.32 Å². The summed E-state index contributed by atoms with van der Waals surface area (Å²) in [5, 5.41) is 3.60. The largest absolute Gasteiger partial charge is 0.457 e. The Hall–Kier alpha value is -4.15. The number of hydrogen-bond donors (Lipinski definition) is 1. The van der Waals surface area contributed by atoms with Crippen molar-refractivity contribution in [2.45, 2.75) is 19.8 Å². The Morgan fingerprint density at radius 1 is 0.811 bits per heavy atom. The molecule has 0 aliphatic rings. The van der Waals surface area contributed by atoms with E-state index in [2.05, 4.69) is 5.32 Å². The van der Waals surface area contributed by atoms with Crippen LogP contribution in [0.3, 0.4) is 0 Å². The molecule has 4 nitrogen and oxygen atoms in total. The molecule has 0 bridgehead atoms. The molecule has 1 atom stereocenters. The van der Waals surface area contributed by atoms with Crippen molar-refractivity contribution in [2.24, 2.45) is 5.92 Å². The molecule has 0 saturated heterocycles. The fourth-order valence-electron chi connectivity index (χ4n) is 4.02. The van der Waals surface area contributed by atoms with E-state index < -0.39 is 0 Å². The molecule has 0 spiro atoms. The number of ketones is 1. The zero-order valence-corrected chi connectivity index (χ0v) is 21.5. The molecular formula is C32H28ClNO3. The normalized spacial score (nSPS) is 11.9. The van der Waals surface area contributed by atoms with Crippen LogP contribution in [0.25, 0.3) is 6.08 Å². The molecule has 1 unspecified atom stereocenters. The summed E-state index contributed by atoms with van der Waals surface area (Å²) in [4.78, 5) is 25.7. The first-order valence-electron chi connectivity index (χ1n) is 12.1. The van der Waals surface area contributed by atoms with E-state index in [4.69, 9.17) is 16.3 Å². The lowest BCUT2D eigenvalue weighted by molar-refractivity contribution is -0.118. The topological polar surface area (TPSA) is 55.4 Å². The molecule has 4 aromatic rings. The Kier molecular flexibility index (Phi) is 8.55. The van der Waals surface area contributed by atoms with Crippen LogP contribution in [-0.4, -0.2) is 11.7 Å². The maximum Gasteiger partial charge on any atom is 0.232 e. The molecule has 1 N–H and O–H groups in total. The van der Waals surface area contributed by atoms with Gasteiger partial charge in [0.1, 0.15) is 11.5 Å². The number of amides is 1. The van der Waals surface area contributed by atoms with Crippen LogP contribution >= 0.6 is 11.6 Å². The van der Waals surface area contributed by atoms with Gasteiger partial charge in [-0.25, -0.2) is 0 Å². The van der Waals surface area contributed by atoms with Crippen LogP contribution in [0.2, 0.25) is 5.02 Å². The highest BCUT2D eigenvalue weighted by Crippen LogP contribution is 2.28. The second-order valence-corrected chi connectivity index (χ2v) is 9.46. The third-order valence-electron chi connectivity index (χ3n) is 5.88. The van der Waals surface area contributed by atoms with Crippen LogP contribution in [0, 0.1) is 5.92 Å². The van der Waals surface area contributed by atoms with Gasteiger partial charge in [0, 0.05) is 16.3 Å². The molecule has 1 amide bonds. The number of ether oxygens (including phenoxy) is 1. The average molecular weight is 510 g/mol. The summed E-state index contributed by atoms with van der Waals surface area (Å²) in [6, 6.07) is 31.3. The molecule has 0 fully saturated rings. The lowest BCUT2D eigenvalue weighted by Gasteiger charge is -2.21. The number of halogens is 1. The number of para-hydroxylation sites is 1. The van der Waals surface area contributed by atoms with Gasteiger partial charge in [-0.3, -0.25) is 9.59 Å². The highest BCUT2D eigenvalue weighted by Gasteiger charge is 2.24. The van der Waals surface area contributed by atoms with Crippen molar-refractivity contribution >= 4 is 35.1 Å². The van der Waals surface area contributed by atoms with Crippen LogP contribution in [0.5, 0.6) is 11.5 Å². The number of rotatable bonds is 9. The number of anilines is 1. The summed E-state index contributed by atoms with van der Waals surface area (Å²) in [7, 11) is 0. The second-order valence-electron chi connectivity index (χ2n) is 9.03. The Balaban J connectivity index is 1.39. The average Bonchev–Trinajstić information content (AvgIpc) is 2.89. The minimum atomic E-state index is -0.317. The Labute approximate surface area is 222 Å².